The summed E-state index contributed by atoms with van der Waals surface area (Å²) in [5.74, 6) is 2.04. The van der Waals surface area contributed by atoms with Crippen molar-refractivity contribution in [2.45, 2.75) is 20.0 Å². The van der Waals surface area contributed by atoms with Crippen molar-refractivity contribution in [1.29, 1.82) is 0 Å². The van der Waals surface area contributed by atoms with Crippen LogP contribution in [0.25, 0.3) is 11.3 Å². The molecule has 0 aliphatic carbocycles. The molecule has 0 unspecified atom stereocenters. The third kappa shape index (κ3) is 2.82. The van der Waals surface area contributed by atoms with E-state index < -0.39 is 0 Å². The summed E-state index contributed by atoms with van der Waals surface area (Å²) in [6, 6.07) is 7.77. The first-order valence-electron chi connectivity index (χ1n) is 6.50. The molecule has 0 spiro atoms. The summed E-state index contributed by atoms with van der Waals surface area (Å²) in [5.41, 5.74) is 1.60. The van der Waals surface area contributed by atoms with E-state index in [0.717, 1.165) is 11.3 Å². The molecule has 2 rings (SSSR count). The maximum Gasteiger partial charge on any atom is 0.187 e. The minimum absolute atomic E-state index is 0.0905. The predicted octanol–water partition coefficient (Wildman–Crippen LogP) is 2.98. The molecule has 0 fully saturated rings. The van der Waals surface area contributed by atoms with Gasteiger partial charge in [0.25, 0.3) is 0 Å². The smallest absolute Gasteiger partial charge is 0.187 e. The Bertz CT molecular complexity index is 585. The standard InChI is InChI=1S/C15H19N3O2/c1-10(2)20-12-8-6-5-7-11(12)13-14(19-4)15(16-3)18-9-17-13/h5-10H,1-4H3,(H,16,17,18). The summed E-state index contributed by atoms with van der Waals surface area (Å²) in [5, 5.41) is 3.00. The summed E-state index contributed by atoms with van der Waals surface area (Å²) in [6.45, 7) is 3.99. The molecule has 1 aromatic heterocycles. The molecule has 1 aromatic carbocycles. The van der Waals surface area contributed by atoms with Crippen molar-refractivity contribution < 1.29 is 9.47 Å². The van der Waals surface area contributed by atoms with E-state index in [1.807, 2.05) is 38.1 Å². The molecular formula is C15H19N3O2. The zero-order chi connectivity index (χ0) is 14.5. The van der Waals surface area contributed by atoms with Gasteiger partial charge in [-0.2, -0.15) is 0 Å². The Labute approximate surface area is 119 Å². The Morgan fingerprint density at radius 1 is 1.15 bits per heavy atom. The van der Waals surface area contributed by atoms with E-state index in [1.165, 1.54) is 6.33 Å². The van der Waals surface area contributed by atoms with Gasteiger partial charge in [0, 0.05) is 12.6 Å². The number of nitrogens with zero attached hydrogens (tertiary/aromatic N) is 2. The number of hydrogen-bond donors (Lipinski definition) is 1. The average molecular weight is 273 g/mol. The number of nitrogens with one attached hydrogen (secondary N) is 1. The van der Waals surface area contributed by atoms with Crippen LogP contribution in [0.3, 0.4) is 0 Å². The highest BCUT2D eigenvalue weighted by Crippen LogP contribution is 2.37. The van der Waals surface area contributed by atoms with Gasteiger partial charge in [-0.15, -0.1) is 0 Å². The van der Waals surface area contributed by atoms with Crippen LogP contribution >= 0.6 is 0 Å². The largest absolute Gasteiger partial charge is 0.491 e. The van der Waals surface area contributed by atoms with Crippen molar-refractivity contribution in [3.8, 4) is 22.8 Å². The number of benzene rings is 1. The fourth-order valence-corrected chi connectivity index (χ4v) is 1.96. The van der Waals surface area contributed by atoms with Crippen LogP contribution in [0.1, 0.15) is 13.8 Å². The van der Waals surface area contributed by atoms with Crippen LogP contribution in [0.2, 0.25) is 0 Å². The molecule has 0 saturated carbocycles. The number of para-hydroxylation sites is 1. The Morgan fingerprint density at radius 3 is 2.55 bits per heavy atom. The fourth-order valence-electron chi connectivity index (χ4n) is 1.96. The lowest BCUT2D eigenvalue weighted by Gasteiger charge is -2.16. The summed E-state index contributed by atoms with van der Waals surface area (Å²) < 4.78 is 11.3. The number of methoxy groups -OCH3 is 1. The fraction of sp³-hybridized carbons (Fsp3) is 0.333. The molecule has 5 nitrogen and oxygen atoms in total. The van der Waals surface area contributed by atoms with Crippen LogP contribution in [0, 0.1) is 0 Å². The zero-order valence-electron chi connectivity index (χ0n) is 12.2. The second-order valence-corrected chi connectivity index (χ2v) is 4.52. The molecule has 0 aliphatic heterocycles. The molecule has 2 aromatic rings. The lowest BCUT2D eigenvalue weighted by Crippen LogP contribution is -2.07. The average Bonchev–Trinajstić information content (AvgIpc) is 2.46. The van der Waals surface area contributed by atoms with E-state index in [4.69, 9.17) is 9.47 Å². The summed E-state index contributed by atoms with van der Waals surface area (Å²) >= 11 is 0. The van der Waals surface area contributed by atoms with Gasteiger partial charge in [-0.25, -0.2) is 9.97 Å². The van der Waals surface area contributed by atoms with Crippen LogP contribution < -0.4 is 14.8 Å². The van der Waals surface area contributed by atoms with Gasteiger partial charge in [-0.05, 0) is 26.0 Å². The number of aromatic nitrogens is 2. The third-order valence-electron chi connectivity index (χ3n) is 2.75. The van der Waals surface area contributed by atoms with Gasteiger partial charge in [0.1, 0.15) is 17.8 Å². The Morgan fingerprint density at radius 2 is 1.90 bits per heavy atom. The molecular weight excluding hydrogens is 254 g/mol. The van der Waals surface area contributed by atoms with Gasteiger partial charge in [0.2, 0.25) is 0 Å². The van der Waals surface area contributed by atoms with Crippen LogP contribution in [0.5, 0.6) is 11.5 Å². The van der Waals surface area contributed by atoms with E-state index in [2.05, 4.69) is 15.3 Å². The molecule has 5 heteroatoms. The molecule has 0 saturated heterocycles. The second kappa shape index (κ2) is 6.23. The second-order valence-electron chi connectivity index (χ2n) is 4.52. The van der Waals surface area contributed by atoms with Gasteiger partial charge < -0.3 is 14.8 Å². The summed E-state index contributed by atoms with van der Waals surface area (Å²) in [7, 11) is 3.40. The molecule has 0 aliphatic rings. The minimum atomic E-state index is 0.0905. The monoisotopic (exact) mass is 273 g/mol. The molecule has 1 N–H and O–H groups in total. The molecule has 0 radical (unpaired) electrons. The highest BCUT2D eigenvalue weighted by Gasteiger charge is 2.16. The van der Waals surface area contributed by atoms with Gasteiger partial charge in [-0.1, -0.05) is 12.1 Å². The van der Waals surface area contributed by atoms with Crippen LogP contribution in [0.15, 0.2) is 30.6 Å². The van der Waals surface area contributed by atoms with Crippen LogP contribution in [-0.2, 0) is 0 Å². The van der Waals surface area contributed by atoms with E-state index >= 15 is 0 Å². The van der Waals surface area contributed by atoms with Crippen molar-refractivity contribution in [2.24, 2.45) is 0 Å². The van der Waals surface area contributed by atoms with Gasteiger partial charge in [0.15, 0.2) is 11.6 Å². The molecule has 106 valence electrons. The number of anilines is 1. The van der Waals surface area contributed by atoms with Crippen molar-refractivity contribution in [3.05, 3.63) is 30.6 Å². The number of hydrogen-bond acceptors (Lipinski definition) is 5. The first-order valence-corrected chi connectivity index (χ1v) is 6.50. The van der Waals surface area contributed by atoms with Crippen LogP contribution in [0.4, 0.5) is 5.82 Å². The Hall–Kier alpha value is -2.30. The van der Waals surface area contributed by atoms with Crippen LogP contribution in [-0.4, -0.2) is 30.2 Å². The van der Waals surface area contributed by atoms with Gasteiger partial charge in [-0.3, -0.25) is 0 Å². The quantitative estimate of drug-likeness (QED) is 0.907. The summed E-state index contributed by atoms with van der Waals surface area (Å²) in [4.78, 5) is 8.50. The molecule has 0 bridgehead atoms. The predicted molar refractivity (Wildman–Crippen MR) is 79.3 cm³/mol. The number of rotatable bonds is 5. The maximum absolute atomic E-state index is 5.84. The van der Waals surface area contributed by atoms with E-state index in [1.54, 1.807) is 14.2 Å². The van der Waals surface area contributed by atoms with Crippen molar-refractivity contribution in [2.75, 3.05) is 19.5 Å². The first-order chi connectivity index (χ1) is 9.67. The molecule has 0 amide bonds. The molecule has 20 heavy (non-hydrogen) atoms. The SMILES string of the molecule is CNc1ncnc(-c2ccccc2OC(C)C)c1OC. The first kappa shape index (κ1) is 14.1. The maximum atomic E-state index is 5.84. The van der Waals surface area contributed by atoms with Gasteiger partial charge in [0.05, 0.1) is 13.2 Å². The van der Waals surface area contributed by atoms with E-state index in [-0.39, 0.29) is 6.10 Å². The third-order valence-corrected chi connectivity index (χ3v) is 2.75. The topological polar surface area (TPSA) is 56.3 Å². The molecule has 0 atom stereocenters. The Kier molecular flexibility index (Phi) is 4.40. The van der Waals surface area contributed by atoms with Crippen molar-refractivity contribution in [3.63, 3.8) is 0 Å². The Balaban J connectivity index is 2.56. The van der Waals surface area contributed by atoms with E-state index in [9.17, 15) is 0 Å². The van der Waals surface area contributed by atoms with E-state index in [0.29, 0.717) is 17.3 Å². The van der Waals surface area contributed by atoms with Crippen molar-refractivity contribution >= 4 is 5.82 Å². The van der Waals surface area contributed by atoms with Gasteiger partial charge >= 0.3 is 0 Å². The molecule has 1 heterocycles. The lowest BCUT2D eigenvalue weighted by atomic mass is 10.1. The normalized spacial score (nSPS) is 10.4. The highest BCUT2D eigenvalue weighted by molar-refractivity contribution is 5.76. The lowest BCUT2D eigenvalue weighted by molar-refractivity contribution is 0.243. The zero-order valence-corrected chi connectivity index (χ0v) is 12.2. The summed E-state index contributed by atoms with van der Waals surface area (Å²) in [6.07, 6.45) is 1.60. The number of ether oxygens (including phenoxy) is 2. The highest BCUT2D eigenvalue weighted by atomic mass is 16.5. The van der Waals surface area contributed by atoms with Crippen molar-refractivity contribution in [1.82, 2.24) is 9.97 Å². The minimum Gasteiger partial charge on any atom is -0.491 e.